The molecule has 2 aromatic carbocycles. The fraction of sp³-hybridized carbons (Fsp3) is 0.0714. The van der Waals surface area contributed by atoms with E-state index in [4.69, 9.17) is 0 Å². The number of benzene rings is 2. The second-order valence-corrected chi connectivity index (χ2v) is 3.79. The summed E-state index contributed by atoms with van der Waals surface area (Å²) in [5.74, 6) is 0. The summed E-state index contributed by atoms with van der Waals surface area (Å²) in [6.45, 7) is -0.451. The summed E-state index contributed by atoms with van der Waals surface area (Å²) < 4.78 is 13.0. The molecule has 1 aromatic heterocycles. The molecule has 0 atom stereocenters. The largest absolute Gasteiger partial charge is 0.256 e. The number of nitrogens with zero attached hydrogens (tertiary/aromatic N) is 1. The van der Waals surface area contributed by atoms with Crippen molar-refractivity contribution in [2.45, 2.75) is 6.67 Å². The third-order valence-corrected chi connectivity index (χ3v) is 2.85. The van der Waals surface area contributed by atoms with Crippen LogP contribution in [0, 0.1) is 0 Å². The minimum atomic E-state index is -0.451. The van der Waals surface area contributed by atoms with Gasteiger partial charge in [0, 0.05) is 17.0 Å². The topological polar surface area (TPSA) is 12.9 Å². The summed E-state index contributed by atoms with van der Waals surface area (Å²) in [6, 6.07) is 13.6. The molecule has 1 heterocycles. The second-order valence-electron chi connectivity index (χ2n) is 3.79. The molecule has 0 aliphatic rings. The lowest BCUT2D eigenvalue weighted by Crippen LogP contribution is -1.86. The smallest absolute Gasteiger partial charge is 0.115 e. The van der Waals surface area contributed by atoms with Gasteiger partial charge in [-0.3, -0.25) is 4.98 Å². The summed E-state index contributed by atoms with van der Waals surface area (Å²) in [5.41, 5.74) is 1.59. The predicted octanol–water partition coefficient (Wildman–Crippen LogP) is 3.86. The second kappa shape index (κ2) is 3.56. The van der Waals surface area contributed by atoms with Gasteiger partial charge < -0.3 is 0 Å². The fourth-order valence-corrected chi connectivity index (χ4v) is 2.10. The first kappa shape index (κ1) is 9.28. The van der Waals surface area contributed by atoms with Crippen molar-refractivity contribution in [2.24, 2.45) is 0 Å². The van der Waals surface area contributed by atoms with E-state index in [-0.39, 0.29) is 0 Å². The van der Waals surface area contributed by atoms with Crippen LogP contribution in [0.25, 0.3) is 21.7 Å². The Hall–Kier alpha value is -1.96. The molecule has 3 rings (SSSR count). The molecule has 0 bridgehead atoms. The van der Waals surface area contributed by atoms with Crippen LogP contribution in [0.5, 0.6) is 0 Å². The molecular weight excluding hydrogens is 201 g/mol. The van der Waals surface area contributed by atoms with Gasteiger partial charge in [0.1, 0.15) is 6.67 Å². The van der Waals surface area contributed by atoms with Crippen LogP contribution in [0.2, 0.25) is 0 Å². The van der Waals surface area contributed by atoms with Gasteiger partial charge >= 0.3 is 0 Å². The third-order valence-electron chi connectivity index (χ3n) is 2.85. The number of pyridine rings is 1. The SMILES string of the molecule is FCc1cccc2ccc3cccnc3c12. The Labute approximate surface area is 92.5 Å². The van der Waals surface area contributed by atoms with E-state index >= 15 is 0 Å². The number of fused-ring (bicyclic) bond motifs is 3. The van der Waals surface area contributed by atoms with Gasteiger partial charge in [-0.15, -0.1) is 0 Å². The Morgan fingerprint density at radius 1 is 0.938 bits per heavy atom. The number of hydrogen-bond acceptors (Lipinski definition) is 1. The molecule has 2 heteroatoms. The zero-order chi connectivity index (χ0) is 11.0. The van der Waals surface area contributed by atoms with Crippen LogP contribution < -0.4 is 0 Å². The van der Waals surface area contributed by atoms with E-state index in [0.29, 0.717) is 5.56 Å². The van der Waals surface area contributed by atoms with Gasteiger partial charge in [-0.25, -0.2) is 4.39 Å². The lowest BCUT2D eigenvalue weighted by Gasteiger charge is -2.06. The van der Waals surface area contributed by atoms with Gasteiger partial charge in [0.2, 0.25) is 0 Å². The van der Waals surface area contributed by atoms with Crippen LogP contribution in [0.1, 0.15) is 5.56 Å². The van der Waals surface area contributed by atoms with E-state index in [9.17, 15) is 4.39 Å². The molecule has 0 N–H and O–H groups in total. The van der Waals surface area contributed by atoms with Crippen molar-refractivity contribution in [3.63, 3.8) is 0 Å². The van der Waals surface area contributed by atoms with Crippen molar-refractivity contribution in [3.05, 3.63) is 54.2 Å². The van der Waals surface area contributed by atoms with Gasteiger partial charge in [-0.05, 0) is 17.0 Å². The normalized spacial score (nSPS) is 11.1. The maximum atomic E-state index is 13.0. The number of alkyl halides is 1. The fourth-order valence-electron chi connectivity index (χ4n) is 2.10. The zero-order valence-electron chi connectivity index (χ0n) is 8.65. The van der Waals surface area contributed by atoms with E-state index < -0.39 is 6.67 Å². The molecule has 0 fully saturated rings. The molecule has 3 aromatic rings. The molecule has 0 amide bonds. The van der Waals surface area contributed by atoms with Crippen molar-refractivity contribution in [1.82, 2.24) is 4.98 Å². The van der Waals surface area contributed by atoms with E-state index in [0.717, 1.165) is 21.7 Å². The maximum Gasteiger partial charge on any atom is 0.115 e. The van der Waals surface area contributed by atoms with Crippen LogP contribution in [0.3, 0.4) is 0 Å². The highest BCUT2D eigenvalue weighted by Gasteiger charge is 2.05. The average molecular weight is 211 g/mol. The highest BCUT2D eigenvalue weighted by atomic mass is 19.1. The van der Waals surface area contributed by atoms with Gasteiger partial charge in [0.25, 0.3) is 0 Å². The first-order valence-electron chi connectivity index (χ1n) is 5.21. The predicted molar refractivity (Wildman–Crippen MR) is 64.1 cm³/mol. The monoisotopic (exact) mass is 211 g/mol. The molecule has 1 nitrogen and oxygen atoms in total. The van der Waals surface area contributed by atoms with E-state index in [2.05, 4.69) is 4.98 Å². The van der Waals surface area contributed by atoms with Gasteiger partial charge in [-0.1, -0.05) is 36.4 Å². The lowest BCUT2D eigenvalue weighted by atomic mass is 10.0. The standard InChI is InChI=1S/C14H10FN/c15-9-12-4-1-3-10-6-7-11-5-2-8-16-14(11)13(10)12/h1-8H,9H2. The first-order valence-corrected chi connectivity index (χ1v) is 5.21. The van der Waals surface area contributed by atoms with E-state index in [1.54, 1.807) is 6.20 Å². The van der Waals surface area contributed by atoms with Crippen LogP contribution in [-0.2, 0) is 6.67 Å². The Morgan fingerprint density at radius 3 is 2.62 bits per heavy atom. The molecule has 0 saturated carbocycles. The van der Waals surface area contributed by atoms with Crippen molar-refractivity contribution < 1.29 is 4.39 Å². The maximum absolute atomic E-state index is 13.0. The van der Waals surface area contributed by atoms with Crippen molar-refractivity contribution in [3.8, 4) is 0 Å². The minimum Gasteiger partial charge on any atom is -0.256 e. The van der Waals surface area contributed by atoms with Crippen molar-refractivity contribution >= 4 is 21.7 Å². The number of rotatable bonds is 1. The Balaban J connectivity index is 2.57. The summed E-state index contributed by atoms with van der Waals surface area (Å²) in [7, 11) is 0. The molecule has 0 aliphatic heterocycles. The molecule has 0 radical (unpaired) electrons. The zero-order valence-corrected chi connectivity index (χ0v) is 8.65. The quantitative estimate of drug-likeness (QED) is 0.557. The van der Waals surface area contributed by atoms with Crippen LogP contribution in [0.15, 0.2) is 48.7 Å². The van der Waals surface area contributed by atoms with Gasteiger partial charge in [0.05, 0.1) is 5.52 Å². The van der Waals surface area contributed by atoms with Crippen LogP contribution in [0.4, 0.5) is 4.39 Å². The molecular formula is C14H10FN. The lowest BCUT2D eigenvalue weighted by molar-refractivity contribution is 0.488. The van der Waals surface area contributed by atoms with Crippen LogP contribution in [-0.4, -0.2) is 4.98 Å². The van der Waals surface area contributed by atoms with Gasteiger partial charge in [-0.2, -0.15) is 0 Å². The summed E-state index contributed by atoms with van der Waals surface area (Å²) >= 11 is 0. The average Bonchev–Trinajstić information content (AvgIpc) is 2.37. The summed E-state index contributed by atoms with van der Waals surface area (Å²) in [5, 5.41) is 3.03. The number of halogens is 1. The van der Waals surface area contributed by atoms with Crippen LogP contribution >= 0.6 is 0 Å². The highest BCUT2D eigenvalue weighted by Crippen LogP contribution is 2.27. The van der Waals surface area contributed by atoms with Gasteiger partial charge in [0.15, 0.2) is 0 Å². The number of hydrogen-bond donors (Lipinski definition) is 0. The summed E-state index contributed by atoms with van der Waals surface area (Å²) in [6.07, 6.45) is 1.75. The third kappa shape index (κ3) is 1.27. The molecule has 78 valence electrons. The molecule has 0 saturated heterocycles. The molecule has 0 aliphatic carbocycles. The molecule has 16 heavy (non-hydrogen) atoms. The van der Waals surface area contributed by atoms with E-state index in [1.165, 1.54) is 0 Å². The van der Waals surface area contributed by atoms with Crippen molar-refractivity contribution in [1.29, 1.82) is 0 Å². The Kier molecular flexibility index (Phi) is 2.07. The minimum absolute atomic E-state index is 0.451. The Morgan fingerprint density at radius 2 is 1.75 bits per heavy atom. The number of aromatic nitrogens is 1. The first-order chi connectivity index (χ1) is 7.90. The van der Waals surface area contributed by atoms with Crippen molar-refractivity contribution in [2.75, 3.05) is 0 Å². The summed E-state index contributed by atoms with van der Waals surface area (Å²) in [4.78, 5) is 4.35. The molecule has 0 spiro atoms. The van der Waals surface area contributed by atoms with E-state index in [1.807, 2.05) is 42.5 Å². The molecule has 0 unspecified atom stereocenters. The highest BCUT2D eigenvalue weighted by molar-refractivity contribution is 6.06. The Bertz CT molecular complexity index is 661.